The number of nitrogens with zero attached hydrogens (tertiary/aromatic N) is 2. The minimum atomic E-state index is 0.0886. The number of aromatic nitrogens is 2. The maximum atomic E-state index is 12.3. The lowest BCUT2D eigenvalue weighted by molar-refractivity contribution is -0.119. The Bertz CT molecular complexity index is 811. The molecule has 1 N–H and O–H groups in total. The summed E-state index contributed by atoms with van der Waals surface area (Å²) >= 11 is 7.36. The number of carbonyl (C=O) groups is 1. The summed E-state index contributed by atoms with van der Waals surface area (Å²) in [5.74, 6) is 1.98. The van der Waals surface area contributed by atoms with Gasteiger partial charge in [0.25, 0.3) is 0 Å². The summed E-state index contributed by atoms with van der Waals surface area (Å²) in [5, 5.41) is 4.56. The monoisotopic (exact) mass is 387 g/mol. The molecule has 2 aliphatic rings. The summed E-state index contributed by atoms with van der Waals surface area (Å²) < 4.78 is 0. The zero-order chi connectivity index (χ0) is 18.1. The van der Waals surface area contributed by atoms with Crippen molar-refractivity contribution in [2.75, 3.05) is 5.75 Å². The Morgan fingerprint density at radius 2 is 2.04 bits per heavy atom. The Labute approximate surface area is 163 Å². The number of aryl methyl sites for hydroxylation is 1. The molecule has 4 rings (SSSR count). The third-order valence-corrected chi connectivity index (χ3v) is 6.49. The van der Waals surface area contributed by atoms with Gasteiger partial charge in [0.2, 0.25) is 5.91 Å². The largest absolute Gasteiger partial charge is 0.352 e. The fourth-order valence-electron chi connectivity index (χ4n) is 4.17. The Morgan fingerprint density at radius 1 is 1.23 bits per heavy atom. The van der Waals surface area contributed by atoms with E-state index in [-0.39, 0.29) is 5.91 Å². The predicted molar refractivity (Wildman–Crippen MR) is 105 cm³/mol. The van der Waals surface area contributed by atoms with Crippen LogP contribution in [0, 0.1) is 18.8 Å². The highest BCUT2D eigenvalue weighted by Crippen LogP contribution is 2.44. The van der Waals surface area contributed by atoms with E-state index < -0.39 is 0 Å². The molecule has 1 amide bonds. The number of thioether (sulfide) groups is 1. The SMILES string of the molecule is Cc1cc(-c2ccc(Cl)cc2)nc(SCC(=O)N[C@@H]2C[C@@H]3CC[C@H]2C3)n1. The van der Waals surface area contributed by atoms with E-state index >= 15 is 0 Å². The molecule has 1 aromatic carbocycles. The summed E-state index contributed by atoms with van der Waals surface area (Å²) in [6.07, 6.45) is 5.07. The molecular weight excluding hydrogens is 366 g/mol. The maximum Gasteiger partial charge on any atom is 0.230 e. The zero-order valence-corrected chi connectivity index (χ0v) is 16.3. The number of rotatable bonds is 5. The van der Waals surface area contributed by atoms with Gasteiger partial charge in [-0.15, -0.1) is 0 Å². The Hall–Kier alpha value is -1.59. The van der Waals surface area contributed by atoms with Crippen LogP contribution < -0.4 is 5.32 Å². The van der Waals surface area contributed by atoms with Gasteiger partial charge < -0.3 is 5.32 Å². The molecular formula is C20H22ClN3OS. The van der Waals surface area contributed by atoms with Crippen LogP contribution in [-0.2, 0) is 4.79 Å². The van der Waals surface area contributed by atoms with E-state index in [4.69, 9.17) is 11.6 Å². The average molecular weight is 388 g/mol. The molecule has 136 valence electrons. The standard InChI is InChI=1S/C20H22ClN3OS/c1-12-8-17(14-4-6-16(21)7-5-14)24-20(22-12)26-11-19(25)23-18-10-13-2-3-15(18)9-13/h4-8,13,15,18H,2-3,9-11H2,1H3,(H,23,25)/t13-,15+,18-/m1/s1. The van der Waals surface area contributed by atoms with Gasteiger partial charge in [0.1, 0.15) is 0 Å². The van der Waals surface area contributed by atoms with Crippen LogP contribution in [0.4, 0.5) is 0 Å². The van der Waals surface area contributed by atoms with Gasteiger partial charge in [-0.05, 0) is 56.2 Å². The molecule has 0 unspecified atom stereocenters. The summed E-state index contributed by atoms with van der Waals surface area (Å²) in [4.78, 5) is 21.4. The van der Waals surface area contributed by atoms with E-state index in [1.54, 1.807) is 0 Å². The van der Waals surface area contributed by atoms with Crippen LogP contribution >= 0.6 is 23.4 Å². The minimum absolute atomic E-state index is 0.0886. The third kappa shape index (κ3) is 4.04. The van der Waals surface area contributed by atoms with Gasteiger partial charge in [0, 0.05) is 22.3 Å². The second-order valence-electron chi connectivity index (χ2n) is 7.32. The normalized spacial score (nSPS) is 24.0. The van der Waals surface area contributed by atoms with Crippen molar-refractivity contribution < 1.29 is 4.79 Å². The molecule has 6 heteroatoms. The van der Waals surface area contributed by atoms with Crippen molar-refractivity contribution in [2.24, 2.45) is 11.8 Å². The quantitative estimate of drug-likeness (QED) is 0.606. The number of amides is 1. The molecule has 0 spiro atoms. The highest BCUT2D eigenvalue weighted by Gasteiger charge is 2.39. The van der Waals surface area contributed by atoms with Crippen LogP contribution in [0.1, 0.15) is 31.4 Å². The molecule has 0 saturated heterocycles. The number of hydrogen-bond donors (Lipinski definition) is 1. The Kier molecular flexibility index (Phi) is 5.18. The minimum Gasteiger partial charge on any atom is -0.352 e. The van der Waals surface area contributed by atoms with Crippen LogP contribution in [0.25, 0.3) is 11.3 Å². The number of fused-ring (bicyclic) bond motifs is 2. The van der Waals surface area contributed by atoms with E-state index in [2.05, 4.69) is 15.3 Å². The molecule has 2 fully saturated rings. The highest BCUT2D eigenvalue weighted by atomic mass is 35.5. The molecule has 2 saturated carbocycles. The van der Waals surface area contributed by atoms with E-state index in [9.17, 15) is 4.79 Å². The van der Waals surface area contributed by atoms with Gasteiger partial charge in [-0.1, -0.05) is 41.9 Å². The summed E-state index contributed by atoms with van der Waals surface area (Å²) in [5.41, 5.74) is 2.74. The van der Waals surface area contributed by atoms with E-state index in [1.165, 1.54) is 31.0 Å². The van der Waals surface area contributed by atoms with Gasteiger partial charge in [0.15, 0.2) is 5.16 Å². The first-order valence-electron chi connectivity index (χ1n) is 9.10. The van der Waals surface area contributed by atoms with Crippen molar-refractivity contribution in [3.8, 4) is 11.3 Å². The molecule has 2 aliphatic carbocycles. The Balaban J connectivity index is 1.38. The lowest BCUT2D eigenvalue weighted by Crippen LogP contribution is -2.39. The van der Waals surface area contributed by atoms with Gasteiger partial charge >= 0.3 is 0 Å². The number of hydrogen-bond acceptors (Lipinski definition) is 4. The summed E-state index contributed by atoms with van der Waals surface area (Å²) in [7, 11) is 0. The summed E-state index contributed by atoms with van der Waals surface area (Å²) in [6, 6.07) is 9.92. The van der Waals surface area contributed by atoms with Crippen molar-refractivity contribution in [1.82, 2.24) is 15.3 Å². The first-order valence-corrected chi connectivity index (χ1v) is 10.5. The second kappa shape index (κ2) is 7.57. The van der Waals surface area contributed by atoms with E-state index in [1.807, 2.05) is 37.3 Å². The van der Waals surface area contributed by atoms with Crippen LogP contribution in [0.3, 0.4) is 0 Å². The first kappa shape index (κ1) is 17.8. The van der Waals surface area contributed by atoms with E-state index in [0.717, 1.165) is 29.3 Å². The lowest BCUT2D eigenvalue weighted by Gasteiger charge is -2.22. The molecule has 4 nitrogen and oxygen atoms in total. The van der Waals surface area contributed by atoms with Crippen molar-refractivity contribution in [3.05, 3.63) is 41.0 Å². The lowest BCUT2D eigenvalue weighted by atomic mass is 9.95. The van der Waals surface area contributed by atoms with Crippen molar-refractivity contribution in [2.45, 2.75) is 43.8 Å². The van der Waals surface area contributed by atoms with Crippen LogP contribution in [-0.4, -0.2) is 27.7 Å². The molecule has 2 aromatic rings. The van der Waals surface area contributed by atoms with Crippen LogP contribution in [0.2, 0.25) is 5.02 Å². The highest BCUT2D eigenvalue weighted by molar-refractivity contribution is 7.99. The zero-order valence-electron chi connectivity index (χ0n) is 14.7. The number of benzene rings is 1. The molecule has 1 aromatic heterocycles. The summed E-state index contributed by atoms with van der Waals surface area (Å²) in [6.45, 7) is 1.94. The fourth-order valence-corrected chi connectivity index (χ4v) is 5.02. The second-order valence-corrected chi connectivity index (χ2v) is 8.70. The number of halogens is 1. The van der Waals surface area contributed by atoms with E-state index in [0.29, 0.717) is 27.9 Å². The molecule has 2 bridgehead atoms. The van der Waals surface area contributed by atoms with Crippen molar-refractivity contribution in [3.63, 3.8) is 0 Å². The molecule has 26 heavy (non-hydrogen) atoms. The van der Waals surface area contributed by atoms with Gasteiger partial charge in [-0.2, -0.15) is 0 Å². The van der Waals surface area contributed by atoms with Crippen molar-refractivity contribution in [1.29, 1.82) is 0 Å². The van der Waals surface area contributed by atoms with Crippen LogP contribution in [0.5, 0.6) is 0 Å². The fraction of sp³-hybridized carbons (Fsp3) is 0.450. The smallest absolute Gasteiger partial charge is 0.230 e. The predicted octanol–water partition coefficient (Wildman–Crippen LogP) is 4.50. The third-order valence-electron chi connectivity index (χ3n) is 5.39. The topological polar surface area (TPSA) is 54.9 Å². The van der Waals surface area contributed by atoms with Gasteiger partial charge in [-0.25, -0.2) is 9.97 Å². The number of carbonyl (C=O) groups excluding carboxylic acids is 1. The Morgan fingerprint density at radius 3 is 2.73 bits per heavy atom. The molecule has 3 atom stereocenters. The van der Waals surface area contributed by atoms with Crippen molar-refractivity contribution >= 4 is 29.3 Å². The average Bonchev–Trinajstić information content (AvgIpc) is 3.23. The first-order chi connectivity index (χ1) is 12.6. The van der Waals surface area contributed by atoms with Gasteiger partial charge in [0.05, 0.1) is 11.4 Å². The molecule has 0 aliphatic heterocycles. The number of nitrogens with one attached hydrogen (secondary N) is 1. The molecule has 1 heterocycles. The van der Waals surface area contributed by atoms with Crippen LogP contribution in [0.15, 0.2) is 35.5 Å². The molecule has 0 radical (unpaired) electrons. The maximum absolute atomic E-state index is 12.3. The van der Waals surface area contributed by atoms with Gasteiger partial charge in [-0.3, -0.25) is 4.79 Å².